The molecule has 0 fully saturated rings. The number of anilines is 1. The Kier molecular flexibility index (Phi) is 2.64. The summed E-state index contributed by atoms with van der Waals surface area (Å²) in [5.41, 5.74) is 5.92. The van der Waals surface area contributed by atoms with E-state index in [1.54, 1.807) is 0 Å². The van der Waals surface area contributed by atoms with E-state index in [2.05, 4.69) is 0 Å². The monoisotopic (exact) mass is 260 g/mol. The maximum Gasteiger partial charge on any atom is 0.292 e. The van der Waals surface area contributed by atoms with Gasteiger partial charge in [-0.1, -0.05) is 23.2 Å². The average Bonchev–Trinajstić information content (AvgIpc) is 2.53. The molecule has 0 bridgehead atoms. The highest BCUT2D eigenvalue weighted by molar-refractivity contribution is 6.40. The fourth-order valence-corrected chi connectivity index (χ4v) is 2.02. The number of aromatic nitrogens is 1. The van der Waals surface area contributed by atoms with Gasteiger partial charge in [-0.3, -0.25) is 4.79 Å². The first-order valence-corrected chi connectivity index (χ1v) is 5.48. The van der Waals surface area contributed by atoms with Crippen molar-refractivity contribution in [2.75, 3.05) is 5.73 Å². The van der Waals surface area contributed by atoms with E-state index in [4.69, 9.17) is 33.5 Å². The molecule has 0 saturated carbocycles. The third kappa shape index (κ3) is 1.49. The molecule has 0 radical (unpaired) electrons. The van der Waals surface area contributed by atoms with Gasteiger partial charge >= 0.3 is 0 Å². The average molecular weight is 261 g/mol. The minimum absolute atomic E-state index is 0.103. The first-order valence-electron chi connectivity index (χ1n) is 4.72. The van der Waals surface area contributed by atoms with Crippen LogP contribution in [0.3, 0.4) is 0 Å². The van der Waals surface area contributed by atoms with Crippen molar-refractivity contribution in [1.29, 1.82) is 0 Å². The molecule has 2 N–H and O–H groups in total. The maximum atomic E-state index is 11.9. The summed E-state index contributed by atoms with van der Waals surface area (Å²) in [5.74, 6) is 0. The first kappa shape index (κ1) is 11.4. The SMILES string of the molecule is CC(C)n1oc2c(N)c(Cl)cc(Cl)c2c1=O. The van der Waals surface area contributed by atoms with Gasteiger partial charge in [0.25, 0.3) is 5.56 Å². The van der Waals surface area contributed by atoms with Gasteiger partial charge in [0, 0.05) is 0 Å². The van der Waals surface area contributed by atoms with Crippen LogP contribution in [0.15, 0.2) is 15.4 Å². The molecule has 86 valence electrons. The van der Waals surface area contributed by atoms with E-state index in [0.717, 1.165) is 0 Å². The summed E-state index contributed by atoms with van der Waals surface area (Å²) in [5, 5.41) is 0.807. The van der Waals surface area contributed by atoms with Crippen LogP contribution in [0.2, 0.25) is 10.0 Å². The molecular formula is C10H10Cl2N2O2. The van der Waals surface area contributed by atoms with Crippen LogP contribution in [0.25, 0.3) is 11.0 Å². The van der Waals surface area contributed by atoms with Crippen molar-refractivity contribution in [3.8, 4) is 0 Å². The second kappa shape index (κ2) is 3.71. The maximum absolute atomic E-state index is 11.9. The zero-order valence-electron chi connectivity index (χ0n) is 8.75. The number of halogens is 2. The molecule has 0 unspecified atom stereocenters. The van der Waals surface area contributed by atoms with Gasteiger partial charge in [-0.25, -0.2) is 0 Å². The van der Waals surface area contributed by atoms with Crippen LogP contribution in [-0.4, -0.2) is 4.74 Å². The van der Waals surface area contributed by atoms with E-state index in [1.807, 2.05) is 13.8 Å². The molecule has 2 rings (SSSR count). The van der Waals surface area contributed by atoms with Gasteiger partial charge in [-0.05, 0) is 19.9 Å². The highest BCUT2D eigenvalue weighted by atomic mass is 35.5. The number of fused-ring (bicyclic) bond motifs is 1. The van der Waals surface area contributed by atoms with Crippen LogP contribution in [0.4, 0.5) is 5.69 Å². The number of hydrogen-bond donors (Lipinski definition) is 1. The van der Waals surface area contributed by atoms with Crippen molar-refractivity contribution in [1.82, 2.24) is 4.74 Å². The standard InChI is InChI=1S/C10H10Cl2N2O2/c1-4(2)14-10(15)7-5(11)3-6(12)8(13)9(7)16-14/h3-4H,13H2,1-2H3. The predicted molar refractivity (Wildman–Crippen MR) is 65.3 cm³/mol. The number of nitrogen functional groups attached to an aromatic ring is 1. The quantitative estimate of drug-likeness (QED) is 0.802. The largest absolute Gasteiger partial charge is 0.394 e. The lowest BCUT2D eigenvalue weighted by Crippen LogP contribution is -2.16. The second-order valence-corrected chi connectivity index (χ2v) is 4.59. The normalized spacial score (nSPS) is 11.6. The van der Waals surface area contributed by atoms with E-state index in [-0.39, 0.29) is 38.3 Å². The van der Waals surface area contributed by atoms with Gasteiger partial charge in [0.1, 0.15) is 5.39 Å². The topological polar surface area (TPSA) is 61.2 Å². The van der Waals surface area contributed by atoms with Crippen molar-refractivity contribution in [3.63, 3.8) is 0 Å². The van der Waals surface area contributed by atoms with Crippen molar-refractivity contribution in [3.05, 3.63) is 26.5 Å². The van der Waals surface area contributed by atoms with E-state index in [1.165, 1.54) is 10.8 Å². The van der Waals surface area contributed by atoms with Gasteiger partial charge in [0.15, 0.2) is 5.58 Å². The minimum Gasteiger partial charge on any atom is -0.394 e. The number of nitrogens with zero attached hydrogens (tertiary/aromatic N) is 1. The molecule has 4 nitrogen and oxygen atoms in total. The highest BCUT2D eigenvalue weighted by Crippen LogP contribution is 2.33. The Labute approximate surface area is 101 Å². The summed E-state index contributed by atoms with van der Waals surface area (Å²) >= 11 is 11.8. The second-order valence-electron chi connectivity index (χ2n) is 3.77. The summed E-state index contributed by atoms with van der Waals surface area (Å²) in [6.45, 7) is 3.66. The summed E-state index contributed by atoms with van der Waals surface area (Å²) in [6, 6.07) is 1.34. The smallest absolute Gasteiger partial charge is 0.292 e. The van der Waals surface area contributed by atoms with Gasteiger partial charge in [0.05, 0.1) is 21.8 Å². The number of nitrogens with two attached hydrogens (primary N) is 1. The van der Waals surface area contributed by atoms with Crippen molar-refractivity contribution < 1.29 is 4.52 Å². The van der Waals surface area contributed by atoms with E-state index in [9.17, 15) is 4.79 Å². The zero-order valence-corrected chi connectivity index (χ0v) is 10.3. The third-order valence-electron chi connectivity index (χ3n) is 2.29. The van der Waals surface area contributed by atoms with E-state index in [0.29, 0.717) is 0 Å². The molecule has 0 saturated heterocycles. The van der Waals surface area contributed by atoms with Crippen LogP contribution >= 0.6 is 23.2 Å². The Morgan fingerprint density at radius 2 is 2.00 bits per heavy atom. The fourth-order valence-electron chi connectivity index (χ4n) is 1.50. The van der Waals surface area contributed by atoms with Gasteiger partial charge in [-0.2, -0.15) is 4.74 Å². The Morgan fingerprint density at radius 3 is 2.56 bits per heavy atom. The summed E-state index contributed by atoms with van der Waals surface area (Å²) in [7, 11) is 0. The molecule has 16 heavy (non-hydrogen) atoms. The Balaban J connectivity index is 2.97. The summed E-state index contributed by atoms with van der Waals surface area (Å²) in [4.78, 5) is 11.9. The minimum atomic E-state index is -0.293. The van der Waals surface area contributed by atoms with E-state index >= 15 is 0 Å². The molecule has 1 aromatic heterocycles. The van der Waals surface area contributed by atoms with Crippen LogP contribution in [-0.2, 0) is 0 Å². The molecule has 0 aliphatic carbocycles. The molecule has 1 heterocycles. The van der Waals surface area contributed by atoms with Crippen LogP contribution in [0.1, 0.15) is 19.9 Å². The fraction of sp³-hybridized carbons (Fsp3) is 0.300. The highest BCUT2D eigenvalue weighted by Gasteiger charge is 2.19. The zero-order chi connectivity index (χ0) is 12.0. The Hall–Kier alpha value is -1.13. The first-order chi connectivity index (χ1) is 7.43. The molecule has 0 aliphatic rings. The molecule has 0 atom stereocenters. The molecule has 0 amide bonds. The van der Waals surface area contributed by atoms with Gasteiger partial charge in [-0.15, -0.1) is 0 Å². The molecule has 6 heteroatoms. The summed E-state index contributed by atoms with van der Waals surface area (Å²) in [6.07, 6.45) is 0. The van der Waals surface area contributed by atoms with E-state index < -0.39 is 0 Å². The van der Waals surface area contributed by atoms with Gasteiger partial charge < -0.3 is 10.3 Å². The number of rotatable bonds is 1. The third-order valence-corrected chi connectivity index (χ3v) is 2.90. The molecule has 1 aromatic carbocycles. The van der Waals surface area contributed by atoms with Crippen LogP contribution in [0.5, 0.6) is 0 Å². The number of benzene rings is 1. The van der Waals surface area contributed by atoms with Crippen LogP contribution in [0, 0.1) is 0 Å². The molecule has 0 spiro atoms. The van der Waals surface area contributed by atoms with Crippen molar-refractivity contribution in [2.24, 2.45) is 0 Å². The number of hydrogen-bond acceptors (Lipinski definition) is 3. The molecule has 2 aromatic rings. The Bertz CT molecular complexity index is 613. The lowest BCUT2D eigenvalue weighted by atomic mass is 10.2. The molecular weight excluding hydrogens is 251 g/mol. The summed E-state index contributed by atoms with van der Waals surface area (Å²) < 4.78 is 6.59. The lowest BCUT2D eigenvalue weighted by Gasteiger charge is -2.01. The predicted octanol–water partition coefficient (Wildman–Crippen LogP) is 3.06. The van der Waals surface area contributed by atoms with Crippen LogP contribution < -0.4 is 11.3 Å². The Morgan fingerprint density at radius 1 is 1.38 bits per heavy atom. The van der Waals surface area contributed by atoms with Gasteiger partial charge in [0.2, 0.25) is 0 Å². The molecule has 0 aliphatic heterocycles. The van der Waals surface area contributed by atoms with Crippen molar-refractivity contribution in [2.45, 2.75) is 19.9 Å². The lowest BCUT2D eigenvalue weighted by molar-refractivity contribution is 0.251. The van der Waals surface area contributed by atoms with Crippen molar-refractivity contribution >= 4 is 39.9 Å².